The van der Waals surface area contributed by atoms with Crippen molar-refractivity contribution in [3.63, 3.8) is 0 Å². The van der Waals surface area contributed by atoms with E-state index in [2.05, 4.69) is 153 Å². The van der Waals surface area contributed by atoms with Crippen LogP contribution in [0.25, 0.3) is 11.1 Å². The molecule has 0 amide bonds. The van der Waals surface area contributed by atoms with Gasteiger partial charge in [0.15, 0.2) is 0 Å². The maximum atomic E-state index is 2.56. The largest absolute Gasteiger partial charge is 0.110 e. The highest BCUT2D eigenvalue weighted by molar-refractivity contribution is 6.95. The maximum Gasteiger partial charge on any atom is 0.110 e. The molecule has 5 aromatic rings. The van der Waals surface area contributed by atoms with Crippen LogP contribution in [0.15, 0.2) is 146 Å². The quantitative estimate of drug-likeness (QED) is 0.304. The predicted octanol–water partition coefficient (Wildman–Crippen LogP) is 4.64. The molecule has 0 heterocycles. The zero-order valence-electron chi connectivity index (χ0n) is 19.6. The van der Waals surface area contributed by atoms with Crippen LogP contribution >= 0.6 is 0 Å². The minimum atomic E-state index is -1.63. The molecule has 0 aliphatic rings. The van der Waals surface area contributed by atoms with Crippen LogP contribution in [0.4, 0.5) is 0 Å². The van der Waals surface area contributed by atoms with Gasteiger partial charge in [0.25, 0.3) is 0 Å². The summed E-state index contributed by atoms with van der Waals surface area (Å²) < 4.78 is 0.120. The zero-order chi connectivity index (χ0) is 23.2. The van der Waals surface area contributed by atoms with Crippen molar-refractivity contribution in [1.82, 2.24) is 0 Å². The van der Waals surface area contributed by atoms with Crippen molar-refractivity contribution in [2.75, 3.05) is 0 Å². The molecule has 1 atom stereocenters. The highest BCUT2D eigenvalue weighted by Crippen LogP contribution is 2.30. The lowest BCUT2D eigenvalue weighted by Gasteiger charge is -2.38. The summed E-state index contributed by atoms with van der Waals surface area (Å²) in [7, 11) is -2.29. The summed E-state index contributed by atoms with van der Waals surface area (Å²) in [6, 6.07) is 53.9. The lowest BCUT2D eigenvalue weighted by Crippen LogP contribution is -2.61. The standard InChI is InChI=1S/C32H30Si2/c1-32(33-29-19-8-3-9-20-29,28-18-14-17-27(25-28)26-15-6-2-7-16-26)34(30-21-10-4-11-22-30)31-23-12-5-13-24-31/h2-25,34H,33H2,1H3. The lowest BCUT2D eigenvalue weighted by molar-refractivity contribution is 0.941. The third-order valence-corrected chi connectivity index (χ3v) is 14.5. The van der Waals surface area contributed by atoms with Crippen molar-refractivity contribution < 1.29 is 0 Å². The smallest absolute Gasteiger partial charge is 0.0663 e. The van der Waals surface area contributed by atoms with Gasteiger partial charge in [-0.1, -0.05) is 168 Å². The molecule has 34 heavy (non-hydrogen) atoms. The van der Waals surface area contributed by atoms with E-state index in [4.69, 9.17) is 0 Å². The molecule has 5 rings (SSSR count). The van der Waals surface area contributed by atoms with Crippen LogP contribution in [0, 0.1) is 0 Å². The Hall–Kier alpha value is -3.47. The van der Waals surface area contributed by atoms with Gasteiger partial charge in [0.1, 0.15) is 8.80 Å². The Morgan fingerprint density at radius 2 is 0.971 bits per heavy atom. The van der Waals surface area contributed by atoms with E-state index < -0.39 is 18.3 Å². The molecular weight excluding hydrogens is 441 g/mol. The summed E-state index contributed by atoms with van der Waals surface area (Å²) in [6.45, 7) is 2.56. The molecule has 0 bridgehead atoms. The summed E-state index contributed by atoms with van der Waals surface area (Å²) in [6.07, 6.45) is 0. The molecule has 2 heteroatoms. The molecule has 1 unspecified atom stereocenters. The fourth-order valence-electron chi connectivity index (χ4n) is 5.29. The van der Waals surface area contributed by atoms with Gasteiger partial charge >= 0.3 is 0 Å². The molecule has 0 radical (unpaired) electrons. The average molecular weight is 471 g/mol. The summed E-state index contributed by atoms with van der Waals surface area (Å²) in [5, 5.41) is 4.56. The summed E-state index contributed by atoms with van der Waals surface area (Å²) in [5.74, 6) is 0. The van der Waals surface area contributed by atoms with Gasteiger partial charge in [0.05, 0.1) is 9.52 Å². The molecule has 0 nitrogen and oxygen atoms in total. The summed E-state index contributed by atoms with van der Waals surface area (Å²) >= 11 is 0. The van der Waals surface area contributed by atoms with Gasteiger partial charge in [-0.3, -0.25) is 0 Å². The molecule has 0 saturated carbocycles. The SMILES string of the molecule is CC([SiH2]c1ccccc1)(c1cccc(-c2ccccc2)c1)[SiH](c1ccccc1)c1ccccc1. The van der Waals surface area contributed by atoms with Crippen LogP contribution in [0.5, 0.6) is 0 Å². The van der Waals surface area contributed by atoms with E-state index in [1.165, 1.54) is 32.3 Å². The van der Waals surface area contributed by atoms with Gasteiger partial charge in [-0.2, -0.15) is 0 Å². The van der Waals surface area contributed by atoms with E-state index in [0.29, 0.717) is 0 Å². The number of hydrogen-bond donors (Lipinski definition) is 0. The third-order valence-electron chi connectivity index (χ3n) is 6.95. The molecular formula is C32H30Si2. The Morgan fingerprint density at radius 3 is 1.53 bits per heavy atom. The molecule has 0 aromatic heterocycles. The number of benzene rings is 5. The predicted molar refractivity (Wildman–Crippen MR) is 153 cm³/mol. The average Bonchev–Trinajstić information content (AvgIpc) is 2.91. The van der Waals surface area contributed by atoms with E-state index in [1.807, 2.05) is 0 Å². The Balaban J connectivity index is 1.71. The maximum absolute atomic E-state index is 2.56. The Labute approximate surface area is 207 Å². The van der Waals surface area contributed by atoms with Gasteiger partial charge in [0, 0.05) is 0 Å². The number of rotatable bonds is 7. The molecule has 0 fully saturated rings. The van der Waals surface area contributed by atoms with Gasteiger partial charge in [-0.25, -0.2) is 0 Å². The Kier molecular flexibility index (Phi) is 6.71. The van der Waals surface area contributed by atoms with Gasteiger partial charge in [-0.05, 0) is 21.4 Å². The normalized spacial score (nSPS) is 13.2. The second-order valence-corrected chi connectivity index (χ2v) is 16.2. The lowest BCUT2D eigenvalue weighted by atomic mass is 10.0. The zero-order valence-corrected chi connectivity index (χ0v) is 22.2. The van der Waals surface area contributed by atoms with Gasteiger partial charge in [0.2, 0.25) is 0 Å². The van der Waals surface area contributed by atoms with Crippen LogP contribution in [0.3, 0.4) is 0 Å². The van der Waals surface area contributed by atoms with Gasteiger partial charge in [-0.15, -0.1) is 0 Å². The monoisotopic (exact) mass is 470 g/mol. The van der Waals surface area contributed by atoms with Crippen LogP contribution < -0.4 is 15.6 Å². The second-order valence-electron chi connectivity index (χ2n) is 9.28. The van der Waals surface area contributed by atoms with Crippen molar-refractivity contribution in [3.05, 3.63) is 151 Å². The van der Waals surface area contributed by atoms with Crippen LogP contribution in [-0.4, -0.2) is 18.3 Å². The van der Waals surface area contributed by atoms with Crippen molar-refractivity contribution in [1.29, 1.82) is 0 Å². The first kappa shape index (κ1) is 22.3. The van der Waals surface area contributed by atoms with Crippen molar-refractivity contribution >= 4 is 33.9 Å². The molecule has 0 spiro atoms. The summed E-state index contributed by atoms with van der Waals surface area (Å²) in [4.78, 5) is 0. The fraction of sp³-hybridized carbons (Fsp3) is 0.0625. The van der Waals surface area contributed by atoms with Crippen LogP contribution in [-0.2, 0) is 4.66 Å². The topological polar surface area (TPSA) is 0 Å². The molecule has 0 aliphatic carbocycles. The van der Waals surface area contributed by atoms with Crippen molar-refractivity contribution in [2.24, 2.45) is 0 Å². The second kappa shape index (κ2) is 10.2. The first-order valence-corrected chi connectivity index (χ1v) is 15.2. The van der Waals surface area contributed by atoms with E-state index >= 15 is 0 Å². The van der Waals surface area contributed by atoms with Crippen LogP contribution in [0.2, 0.25) is 0 Å². The third kappa shape index (κ3) is 4.74. The van der Waals surface area contributed by atoms with Crippen LogP contribution in [0.1, 0.15) is 12.5 Å². The summed E-state index contributed by atoms with van der Waals surface area (Å²) in [5.41, 5.74) is 4.07. The Bertz CT molecular complexity index is 1280. The highest BCUT2D eigenvalue weighted by Gasteiger charge is 2.40. The molecule has 0 saturated heterocycles. The molecule has 5 aromatic carbocycles. The minimum absolute atomic E-state index is 0.120. The molecule has 0 N–H and O–H groups in total. The van der Waals surface area contributed by atoms with Crippen molar-refractivity contribution in [3.8, 4) is 11.1 Å². The van der Waals surface area contributed by atoms with Gasteiger partial charge < -0.3 is 0 Å². The van der Waals surface area contributed by atoms with Crippen molar-refractivity contribution in [2.45, 2.75) is 11.6 Å². The number of hydrogen-bond acceptors (Lipinski definition) is 0. The van der Waals surface area contributed by atoms with E-state index in [0.717, 1.165) is 0 Å². The minimum Gasteiger partial charge on any atom is -0.0663 e. The first-order valence-electron chi connectivity index (χ1n) is 12.0. The molecule has 166 valence electrons. The van der Waals surface area contributed by atoms with E-state index in [9.17, 15) is 0 Å². The Morgan fingerprint density at radius 1 is 0.500 bits per heavy atom. The molecule has 0 aliphatic heterocycles. The highest BCUT2D eigenvalue weighted by atomic mass is 28.3. The fourth-order valence-corrected chi connectivity index (χ4v) is 13.6. The van der Waals surface area contributed by atoms with E-state index in [-0.39, 0.29) is 4.66 Å². The first-order chi connectivity index (χ1) is 16.7. The van der Waals surface area contributed by atoms with E-state index in [1.54, 1.807) is 0 Å².